The lowest BCUT2D eigenvalue weighted by Gasteiger charge is -2.27. The van der Waals surface area contributed by atoms with Gasteiger partial charge in [-0.2, -0.15) is 0 Å². The van der Waals surface area contributed by atoms with Crippen LogP contribution < -0.4 is 10.6 Å². The van der Waals surface area contributed by atoms with Gasteiger partial charge in [0.1, 0.15) is 5.82 Å². The first-order chi connectivity index (χ1) is 8.83. The minimum Gasteiger partial charge on any atom is -0.394 e. The fraction of sp³-hybridized carbons (Fsp3) is 0.643. The molecule has 4 heteroatoms. The normalized spacial score (nSPS) is 22.6. The minimum atomic E-state index is 0.211. The van der Waals surface area contributed by atoms with E-state index in [2.05, 4.69) is 11.0 Å². The van der Waals surface area contributed by atoms with Gasteiger partial charge in [0, 0.05) is 24.3 Å². The number of nitrogens with two attached hydrogens (primary N) is 1. The van der Waals surface area contributed by atoms with Crippen molar-refractivity contribution in [1.29, 1.82) is 0 Å². The number of aliphatic hydroxyl groups is 1. The van der Waals surface area contributed by atoms with E-state index in [0.29, 0.717) is 6.54 Å². The second kappa shape index (κ2) is 4.86. The molecule has 3 N–H and O–H groups in total. The van der Waals surface area contributed by atoms with Crippen molar-refractivity contribution in [2.75, 3.05) is 18.1 Å². The van der Waals surface area contributed by atoms with Crippen LogP contribution in [0.2, 0.25) is 0 Å². The average molecular weight is 247 g/mol. The summed E-state index contributed by atoms with van der Waals surface area (Å²) in [6, 6.07) is 2.46. The fourth-order valence-corrected chi connectivity index (χ4v) is 3.21. The molecule has 1 fully saturated rings. The highest BCUT2D eigenvalue weighted by Crippen LogP contribution is 2.31. The molecule has 1 unspecified atom stereocenters. The Labute approximate surface area is 108 Å². The van der Waals surface area contributed by atoms with Gasteiger partial charge in [0.25, 0.3) is 0 Å². The predicted octanol–water partition coefficient (Wildman–Crippen LogP) is 0.990. The maximum absolute atomic E-state index is 9.45. The van der Waals surface area contributed by atoms with Crippen molar-refractivity contribution in [2.45, 2.75) is 44.7 Å². The Morgan fingerprint density at radius 2 is 2.28 bits per heavy atom. The van der Waals surface area contributed by atoms with Gasteiger partial charge < -0.3 is 15.7 Å². The zero-order valence-electron chi connectivity index (χ0n) is 10.7. The summed E-state index contributed by atoms with van der Waals surface area (Å²) in [5, 5.41) is 9.45. The molecule has 1 aromatic rings. The molecule has 1 saturated heterocycles. The number of anilines is 1. The summed E-state index contributed by atoms with van der Waals surface area (Å²) in [5.41, 5.74) is 9.62. The summed E-state index contributed by atoms with van der Waals surface area (Å²) in [6.45, 7) is 1.73. The standard InChI is InChI=1S/C14H21N3O/c15-8-11-7-10-3-1-5-13(10)16-14(11)17-6-2-4-12(17)9-18/h7,12,18H,1-6,8-9,15H2. The molecule has 1 aromatic heterocycles. The number of hydrogen-bond donors (Lipinski definition) is 2. The molecular weight excluding hydrogens is 226 g/mol. The van der Waals surface area contributed by atoms with E-state index in [4.69, 9.17) is 10.7 Å². The Kier molecular flexibility index (Phi) is 3.22. The molecule has 2 heterocycles. The van der Waals surface area contributed by atoms with E-state index in [1.165, 1.54) is 17.7 Å². The molecule has 1 aliphatic heterocycles. The van der Waals surface area contributed by atoms with Gasteiger partial charge in [0.15, 0.2) is 0 Å². The first-order valence-electron chi connectivity index (χ1n) is 6.92. The van der Waals surface area contributed by atoms with Crippen LogP contribution >= 0.6 is 0 Å². The summed E-state index contributed by atoms with van der Waals surface area (Å²) in [7, 11) is 0. The number of pyridine rings is 1. The summed E-state index contributed by atoms with van der Waals surface area (Å²) in [4.78, 5) is 7.09. The van der Waals surface area contributed by atoms with Crippen LogP contribution in [0.5, 0.6) is 0 Å². The van der Waals surface area contributed by atoms with Crippen LogP contribution in [0.15, 0.2) is 6.07 Å². The fourth-order valence-electron chi connectivity index (χ4n) is 3.21. The Hall–Kier alpha value is -1.13. The lowest BCUT2D eigenvalue weighted by atomic mass is 10.1. The second-order valence-electron chi connectivity index (χ2n) is 5.31. The Balaban J connectivity index is 1.99. The lowest BCUT2D eigenvalue weighted by Crippen LogP contribution is -2.34. The molecule has 1 aliphatic carbocycles. The van der Waals surface area contributed by atoms with Gasteiger partial charge in [-0.25, -0.2) is 4.98 Å². The molecule has 18 heavy (non-hydrogen) atoms. The number of fused-ring (bicyclic) bond motifs is 1. The van der Waals surface area contributed by atoms with Gasteiger partial charge in [0.05, 0.1) is 12.6 Å². The van der Waals surface area contributed by atoms with Crippen molar-refractivity contribution in [1.82, 2.24) is 4.98 Å². The zero-order chi connectivity index (χ0) is 12.5. The van der Waals surface area contributed by atoms with Crippen LogP contribution in [-0.2, 0) is 19.4 Å². The third-order valence-electron chi connectivity index (χ3n) is 4.19. The summed E-state index contributed by atoms with van der Waals surface area (Å²) < 4.78 is 0. The number of hydrogen-bond acceptors (Lipinski definition) is 4. The van der Waals surface area contributed by atoms with Crippen molar-refractivity contribution < 1.29 is 5.11 Å². The molecule has 0 radical (unpaired) electrons. The quantitative estimate of drug-likeness (QED) is 0.836. The largest absolute Gasteiger partial charge is 0.394 e. The van der Waals surface area contributed by atoms with Crippen molar-refractivity contribution in [3.63, 3.8) is 0 Å². The smallest absolute Gasteiger partial charge is 0.133 e. The highest BCUT2D eigenvalue weighted by atomic mass is 16.3. The van der Waals surface area contributed by atoms with Gasteiger partial charge in [0.2, 0.25) is 0 Å². The van der Waals surface area contributed by atoms with E-state index in [0.717, 1.165) is 43.6 Å². The molecule has 0 saturated carbocycles. The van der Waals surface area contributed by atoms with Gasteiger partial charge in [-0.1, -0.05) is 0 Å². The molecule has 0 aromatic carbocycles. The van der Waals surface area contributed by atoms with Crippen molar-refractivity contribution in [2.24, 2.45) is 5.73 Å². The highest BCUT2D eigenvalue weighted by Gasteiger charge is 2.28. The molecule has 0 bridgehead atoms. The van der Waals surface area contributed by atoms with E-state index < -0.39 is 0 Å². The predicted molar refractivity (Wildman–Crippen MR) is 71.6 cm³/mol. The number of aryl methyl sites for hydroxylation is 2. The SMILES string of the molecule is NCc1cc2c(nc1N1CCCC1CO)CCC2. The van der Waals surface area contributed by atoms with E-state index >= 15 is 0 Å². The monoisotopic (exact) mass is 247 g/mol. The number of nitrogens with zero attached hydrogens (tertiary/aromatic N) is 2. The molecule has 3 rings (SSSR count). The van der Waals surface area contributed by atoms with Crippen LogP contribution in [0.4, 0.5) is 5.82 Å². The van der Waals surface area contributed by atoms with E-state index in [1.54, 1.807) is 0 Å². The molecule has 0 amide bonds. The van der Waals surface area contributed by atoms with Gasteiger partial charge in [-0.05, 0) is 43.7 Å². The van der Waals surface area contributed by atoms with Crippen LogP contribution in [0.3, 0.4) is 0 Å². The van der Waals surface area contributed by atoms with Gasteiger partial charge in [-0.15, -0.1) is 0 Å². The average Bonchev–Trinajstić information content (AvgIpc) is 3.04. The van der Waals surface area contributed by atoms with E-state index in [-0.39, 0.29) is 12.6 Å². The van der Waals surface area contributed by atoms with Crippen molar-refractivity contribution in [3.8, 4) is 0 Å². The Morgan fingerprint density at radius 1 is 1.39 bits per heavy atom. The molecule has 0 spiro atoms. The first-order valence-corrected chi connectivity index (χ1v) is 6.92. The zero-order valence-corrected chi connectivity index (χ0v) is 10.7. The number of aliphatic hydroxyl groups excluding tert-OH is 1. The summed E-state index contributed by atoms with van der Waals surface area (Å²) in [5.74, 6) is 1.02. The topological polar surface area (TPSA) is 62.4 Å². The first kappa shape index (κ1) is 11.9. The summed E-state index contributed by atoms with van der Waals surface area (Å²) >= 11 is 0. The molecule has 98 valence electrons. The van der Waals surface area contributed by atoms with E-state index in [9.17, 15) is 5.11 Å². The Bertz CT molecular complexity index is 447. The number of rotatable bonds is 3. The third-order valence-corrected chi connectivity index (χ3v) is 4.19. The second-order valence-corrected chi connectivity index (χ2v) is 5.31. The van der Waals surface area contributed by atoms with Crippen LogP contribution in [0.25, 0.3) is 0 Å². The maximum atomic E-state index is 9.45. The van der Waals surface area contributed by atoms with Crippen molar-refractivity contribution >= 4 is 5.82 Å². The van der Waals surface area contributed by atoms with Crippen LogP contribution in [-0.4, -0.2) is 29.3 Å². The van der Waals surface area contributed by atoms with Crippen LogP contribution in [0.1, 0.15) is 36.1 Å². The maximum Gasteiger partial charge on any atom is 0.133 e. The van der Waals surface area contributed by atoms with Gasteiger partial charge in [-0.3, -0.25) is 0 Å². The van der Waals surface area contributed by atoms with Gasteiger partial charge >= 0.3 is 0 Å². The molecule has 4 nitrogen and oxygen atoms in total. The summed E-state index contributed by atoms with van der Waals surface area (Å²) in [6.07, 6.45) is 5.62. The Morgan fingerprint density at radius 3 is 3.06 bits per heavy atom. The van der Waals surface area contributed by atoms with E-state index in [1.807, 2.05) is 0 Å². The minimum absolute atomic E-state index is 0.211. The molecule has 1 atom stereocenters. The molecular formula is C14H21N3O. The third kappa shape index (κ3) is 1.89. The molecule has 2 aliphatic rings. The number of aromatic nitrogens is 1. The van der Waals surface area contributed by atoms with Crippen LogP contribution in [0, 0.1) is 0 Å². The lowest BCUT2D eigenvalue weighted by molar-refractivity contribution is 0.266. The van der Waals surface area contributed by atoms with Crippen molar-refractivity contribution in [3.05, 3.63) is 22.9 Å². The highest BCUT2D eigenvalue weighted by molar-refractivity contribution is 5.52.